The van der Waals surface area contributed by atoms with Gasteiger partial charge in [0.05, 0.1) is 12.3 Å². The average molecular weight is 191 g/mol. The van der Waals surface area contributed by atoms with Crippen molar-refractivity contribution in [2.45, 2.75) is 6.92 Å². The second-order valence-electron chi connectivity index (χ2n) is 3.07. The summed E-state index contributed by atoms with van der Waals surface area (Å²) in [6, 6.07) is 5.49. The second-order valence-corrected chi connectivity index (χ2v) is 3.07. The fourth-order valence-corrected chi connectivity index (χ4v) is 1.17. The lowest BCUT2D eigenvalue weighted by Gasteiger charge is -2.07. The van der Waals surface area contributed by atoms with Gasteiger partial charge in [-0.25, -0.2) is 0 Å². The Morgan fingerprint density at radius 1 is 1.64 bits per heavy atom. The average Bonchev–Trinajstić information content (AvgIpc) is 2.18. The zero-order valence-electron chi connectivity index (χ0n) is 8.00. The summed E-state index contributed by atoms with van der Waals surface area (Å²) in [5.41, 5.74) is 8.31. The van der Waals surface area contributed by atoms with Gasteiger partial charge in [0.1, 0.15) is 0 Å². The molecule has 0 aliphatic carbocycles. The zero-order valence-corrected chi connectivity index (χ0v) is 8.00. The highest BCUT2D eigenvalue weighted by molar-refractivity contribution is 6.04. The van der Waals surface area contributed by atoms with Crippen LogP contribution < -0.4 is 11.1 Å². The van der Waals surface area contributed by atoms with Crippen LogP contribution in [0.3, 0.4) is 0 Å². The number of rotatable bonds is 4. The Morgan fingerprint density at radius 3 is 3.00 bits per heavy atom. The first-order chi connectivity index (χ1) is 6.65. The fourth-order valence-electron chi connectivity index (χ4n) is 1.17. The van der Waals surface area contributed by atoms with Crippen molar-refractivity contribution in [3.63, 3.8) is 0 Å². The molecule has 1 aromatic carbocycles. The van der Waals surface area contributed by atoms with Gasteiger partial charge in [-0.05, 0) is 19.1 Å². The highest BCUT2D eigenvalue weighted by atomic mass is 16.1. The number of nitrogens with two attached hydrogens (primary N) is 1. The topological polar surface area (TPSA) is 79.0 Å². The molecule has 0 heterocycles. The van der Waals surface area contributed by atoms with Crippen molar-refractivity contribution in [2.75, 3.05) is 12.3 Å². The molecule has 0 unspecified atom stereocenters. The number of benzene rings is 1. The number of carbonyl (C=O) groups is 1. The van der Waals surface area contributed by atoms with E-state index in [-0.39, 0.29) is 6.54 Å². The standard InChI is InChI=1S/C10H13N3O/c1-7-2-3-9(11)8(4-7)10(12)5-13-6-14/h2-4,6,12H,5,11H2,1H3,(H,13,14). The van der Waals surface area contributed by atoms with Crippen LogP contribution in [0.4, 0.5) is 5.69 Å². The van der Waals surface area contributed by atoms with E-state index in [1.54, 1.807) is 6.07 Å². The quantitative estimate of drug-likeness (QED) is 0.372. The number of hydrogen-bond donors (Lipinski definition) is 3. The molecule has 1 rings (SSSR count). The number of anilines is 1. The van der Waals surface area contributed by atoms with Crippen LogP contribution >= 0.6 is 0 Å². The predicted molar refractivity (Wildman–Crippen MR) is 56.5 cm³/mol. The number of carbonyl (C=O) groups excluding carboxylic acids is 1. The molecule has 0 saturated carbocycles. The van der Waals surface area contributed by atoms with E-state index in [0.717, 1.165) is 5.56 Å². The van der Waals surface area contributed by atoms with Crippen LogP contribution in [0.5, 0.6) is 0 Å². The maximum Gasteiger partial charge on any atom is 0.207 e. The minimum Gasteiger partial charge on any atom is -0.398 e. The van der Waals surface area contributed by atoms with Crippen LogP contribution in [-0.2, 0) is 4.79 Å². The molecule has 0 atom stereocenters. The number of nitrogens with one attached hydrogen (secondary N) is 2. The van der Waals surface area contributed by atoms with Gasteiger partial charge in [0.2, 0.25) is 6.41 Å². The highest BCUT2D eigenvalue weighted by Crippen LogP contribution is 2.13. The number of nitrogen functional groups attached to an aromatic ring is 1. The first-order valence-corrected chi connectivity index (χ1v) is 4.26. The van der Waals surface area contributed by atoms with Crippen LogP contribution in [-0.4, -0.2) is 18.7 Å². The largest absolute Gasteiger partial charge is 0.398 e. The van der Waals surface area contributed by atoms with Gasteiger partial charge in [-0.2, -0.15) is 0 Å². The number of hydrogen-bond acceptors (Lipinski definition) is 3. The molecule has 0 aromatic heterocycles. The summed E-state index contributed by atoms with van der Waals surface area (Å²) in [6.45, 7) is 2.14. The minimum atomic E-state index is 0.206. The van der Waals surface area contributed by atoms with Crippen LogP contribution in [0, 0.1) is 12.3 Å². The Labute approximate surface area is 82.6 Å². The van der Waals surface area contributed by atoms with E-state index < -0.39 is 0 Å². The maximum absolute atomic E-state index is 10.1. The Balaban J connectivity index is 2.88. The minimum absolute atomic E-state index is 0.206. The Morgan fingerprint density at radius 2 is 2.36 bits per heavy atom. The van der Waals surface area contributed by atoms with E-state index in [1.807, 2.05) is 19.1 Å². The van der Waals surface area contributed by atoms with Crippen LogP contribution in [0.15, 0.2) is 18.2 Å². The molecule has 1 amide bonds. The summed E-state index contributed by atoms with van der Waals surface area (Å²) >= 11 is 0. The molecule has 0 saturated heterocycles. The van der Waals surface area contributed by atoms with E-state index >= 15 is 0 Å². The lowest BCUT2D eigenvalue weighted by Crippen LogP contribution is -2.22. The third-order valence-electron chi connectivity index (χ3n) is 1.90. The van der Waals surface area contributed by atoms with Gasteiger partial charge in [-0.3, -0.25) is 4.79 Å². The van der Waals surface area contributed by atoms with E-state index in [2.05, 4.69) is 5.32 Å². The molecule has 4 heteroatoms. The summed E-state index contributed by atoms with van der Waals surface area (Å²) in [6.07, 6.45) is 0.570. The molecule has 0 aliphatic heterocycles. The molecule has 0 spiro atoms. The summed E-state index contributed by atoms with van der Waals surface area (Å²) in [5.74, 6) is 0. The van der Waals surface area contributed by atoms with Crippen molar-refractivity contribution in [2.24, 2.45) is 0 Å². The molecule has 0 radical (unpaired) electrons. The molecular weight excluding hydrogens is 178 g/mol. The fraction of sp³-hybridized carbons (Fsp3) is 0.200. The highest BCUT2D eigenvalue weighted by Gasteiger charge is 2.04. The predicted octanol–water partition coefficient (Wildman–Crippen LogP) is 0.691. The first-order valence-electron chi connectivity index (χ1n) is 4.26. The van der Waals surface area contributed by atoms with Crippen LogP contribution in [0.2, 0.25) is 0 Å². The van der Waals surface area contributed by atoms with Crippen molar-refractivity contribution in [3.8, 4) is 0 Å². The van der Waals surface area contributed by atoms with Crippen LogP contribution in [0.1, 0.15) is 11.1 Å². The van der Waals surface area contributed by atoms with E-state index in [1.165, 1.54) is 0 Å². The van der Waals surface area contributed by atoms with Crippen molar-refractivity contribution in [1.29, 1.82) is 5.41 Å². The molecule has 14 heavy (non-hydrogen) atoms. The van der Waals surface area contributed by atoms with Crippen molar-refractivity contribution < 1.29 is 4.79 Å². The van der Waals surface area contributed by atoms with Gasteiger partial charge in [0, 0.05) is 11.3 Å². The molecule has 74 valence electrons. The van der Waals surface area contributed by atoms with Crippen molar-refractivity contribution in [1.82, 2.24) is 5.32 Å². The van der Waals surface area contributed by atoms with Gasteiger partial charge in [0.15, 0.2) is 0 Å². The number of amides is 1. The van der Waals surface area contributed by atoms with Gasteiger partial charge < -0.3 is 16.5 Å². The lowest BCUT2D eigenvalue weighted by atomic mass is 10.1. The molecular formula is C10H13N3O. The van der Waals surface area contributed by atoms with Gasteiger partial charge >= 0.3 is 0 Å². The van der Waals surface area contributed by atoms with E-state index in [4.69, 9.17) is 11.1 Å². The molecule has 0 aliphatic rings. The van der Waals surface area contributed by atoms with E-state index in [0.29, 0.717) is 23.4 Å². The smallest absolute Gasteiger partial charge is 0.207 e. The Hall–Kier alpha value is -1.84. The molecule has 4 N–H and O–H groups in total. The third kappa shape index (κ3) is 2.32. The van der Waals surface area contributed by atoms with E-state index in [9.17, 15) is 4.79 Å². The maximum atomic E-state index is 10.1. The van der Waals surface area contributed by atoms with Gasteiger partial charge in [0.25, 0.3) is 0 Å². The SMILES string of the molecule is Cc1ccc(N)c(C(=N)CNC=O)c1. The Kier molecular flexibility index (Phi) is 3.23. The monoisotopic (exact) mass is 191 g/mol. The van der Waals surface area contributed by atoms with Crippen molar-refractivity contribution in [3.05, 3.63) is 29.3 Å². The zero-order chi connectivity index (χ0) is 10.6. The summed E-state index contributed by atoms with van der Waals surface area (Å²) in [5, 5.41) is 10.1. The molecule has 0 bridgehead atoms. The molecule has 0 fully saturated rings. The lowest BCUT2D eigenvalue weighted by molar-refractivity contribution is -0.109. The summed E-state index contributed by atoms with van der Waals surface area (Å²) < 4.78 is 0. The Bertz CT molecular complexity index is 360. The molecule has 4 nitrogen and oxygen atoms in total. The molecule has 1 aromatic rings. The third-order valence-corrected chi connectivity index (χ3v) is 1.90. The second kappa shape index (κ2) is 4.41. The van der Waals surface area contributed by atoms with Crippen LogP contribution in [0.25, 0.3) is 0 Å². The summed E-state index contributed by atoms with van der Waals surface area (Å²) in [7, 11) is 0. The van der Waals surface area contributed by atoms with Gasteiger partial charge in [-0.15, -0.1) is 0 Å². The first kappa shape index (κ1) is 10.2. The summed E-state index contributed by atoms with van der Waals surface area (Å²) in [4.78, 5) is 10.1. The normalized spacial score (nSPS) is 9.50. The number of aryl methyl sites for hydroxylation is 1. The van der Waals surface area contributed by atoms with Gasteiger partial charge in [-0.1, -0.05) is 11.6 Å². The van der Waals surface area contributed by atoms with Crippen molar-refractivity contribution >= 4 is 17.8 Å².